The lowest BCUT2D eigenvalue weighted by atomic mass is 9.95. The molecule has 0 radical (unpaired) electrons. The highest BCUT2D eigenvalue weighted by molar-refractivity contribution is 5.78. The topological polar surface area (TPSA) is 17.8 Å². The van der Waals surface area contributed by atoms with Gasteiger partial charge in [-0.25, -0.2) is 4.98 Å². The second-order valence-corrected chi connectivity index (χ2v) is 5.85. The third-order valence-corrected chi connectivity index (χ3v) is 3.25. The van der Waals surface area contributed by atoms with Crippen LogP contribution in [-0.4, -0.2) is 9.55 Å². The van der Waals surface area contributed by atoms with Crippen molar-refractivity contribution in [3.05, 3.63) is 60.4 Å². The molecule has 3 aromatic rings. The van der Waals surface area contributed by atoms with Gasteiger partial charge >= 0.3 is 0 Å². The normalized spacial score (nSPS) is 11.9. The van der Waals surface area contributed by atoms with E-state index in [-0.39, 0.29) is 5.41 Å². The van der Waals surface area contributed by atoms with Crippen LogP contribution in [0.4, 0.5) is 0 Å². The molecule has 0 aliphatic rings. The van der Waals surface area contributed by atoms with E-state index in [1.165, 1.54) is 11.2 Å². The van der Waals surface area contributed by atoms with Crippen molar-refractivity contribution < 1.29 is 0 Å². The summed E-state index contributed by atoms with van der Waals surface area (Å²) < 4.78 is 2.26. The van der Waals surface area contributed by atoms with Gasteiger partial charge in [-0.15, -0.1) is 0 Å². The average Bonchev–Trinajstić information content (AvgIpc) is 2.79. The first kappa shape index (κ1) is 12.0. The molecule has 0 fully saturated rings. The van der Waals surface area contributed by atoms with Crippen molar-refractivity contribution in [2.45, 2.75) is 26.2 Å². The van der Waals surface area contributed by atoms with Crippen LogP contribution >= 0.6 is 0 Å². The van der Waals surface area contributed by atoms with Crippen LogP contribution in [0, 0.1) is 0 Å². The molecule has 0 aliphatic heterocycles. The summed E-state index contributed by atoms with van der Waals surface area (Å²) in [6, 6.07) is 18.7. The molecule has 2 aromatic carbocycles. The summed E-state index contributed by atoms with van der Waals surface area (Å²) in [4.78, 5) is 4.82. The molecular weight excluding hydrogens is 232 g/mol. The molecule has 0 unspecified atom stereocenters. The van der Waals surface area contributed by atoms with E-state index in [4.69, 9.17) is 4.98 Å². The van der Waals surface area contributed by atoms with Crippen molar-refractivity contribution in [2.75, 3.05) is 0 Å². The molecule has 1 aromatic heterocycles. The lowest BCUT2D eigenvalue weighted by Crippen LogP contribution is -2.18. The van der Waals surface area contributed by atoms with Crippen molar-refractivity contribution in [3.8, 4) is 5.69 Å². The molecule has 96 valence electrons. The van der Waals surface area contributed by atoms with E-state index in [0.717, 1.165) is 11.3 Å². The fourth-order valence-electron chi connectivity index (χ4n) is 2.37. The van der Waals surface area contributed by atoms with Crippen LogP contribution in [0.5, 0.6) is 0 Å². The summed E-state index contributed by atoms with van der Waals surface area (Å²) in [7, 11) is 0. The molecule has 2 nitrogen and oxygen atoms in total. The first-order valence-electron chi connectivity index (χ1n) is 6.61. The number of hydrogen-bond acceptors (Lipinski definition) is 1. The SMILES string of the molecule is CC(C)(C)c1nc2ccccc2n1-c1ccccc1. The number of imidazole rings is 1. The summed E-state index contributed by atoms with van der Waals surface area (Å²) >= 11 is 0. The van der Waals surface area contributed by atoms with Crippen molar-refractivity contribution in [2.24, 2.45) is 0 Å². The van der Waals surface area contributed by atoms with E-state index < -0.39 is 0 Å². The van der Waals surface area contributed by atoms with Crippen LogP contribution in [0.1, 0.15) is 26.6 Å². The number of benzene rings is 2. The van der Waals surface area contributed by atoms with Gasteiger partial charge in [-0.3, -0.25) is 4.57 Å². The maximum Gasteiger partial charge on any atom is 0.119 e. The van der Waals surface area contributed by atoms with Crippen molar-refractivity contribution >= 4 is 11.0 Å². The van der Waals surface area contributed by atoms with Crippen molar-refractivity contribution in [1.29, 1.82) is 0 Å². The minimum Gasteiger partial charge on any atom is -0.296 e. The fraction of sp³-hybridized carbons (Fsp3) is 0.235. The number of hydrogen-bond donors (Lipinski definition) is 0. The van der Waals surface area contributed by atoms with E-state index >= 15 is 0 Å². The zero-order valence-electron chi connectivity index (χ0n) is 11.6. The van der Waals surface area contributed by atoms with Crippen LogP contribution in [-0.2, 0) is 5.41 Å². The second kappa shape index (κ2) is 4.23. The molecule has 0 saturated carbocycles. The summed E-state index contributed by atoms with van der Waals surface area (Å²) in [5, 5.41) is 0. The number of rotatable bonds is 1. The summed E-state index contributed by atoms with van der Waals surface area (Å²) in [6.45, 7) is 6.61. The minimum absolute atomic E-state index is 0.00879. The molecule has 0 bridgehead atoms. The zero-order chi connectivity index (χ0) is 13.5. The quantitative estimate of drug-likeness (QED) is 0.629. The van der Waals surface area contributed by atoms with Gasteiger partial charge in [-0.05, 0) is 24.3 Å². The number of nitrogens with zero attached hydrogens (tertiary/aromatic N) is 2. The molecule has 1 heterocycles. The lowest BCUT2D eigenvalue weighted by Gasteiger charge is -2.20. The first-order valence-corrected chi connectivity index (χ1v) is 6.61. The Bertz CT molecular complexity index is 703. The molecule has 3 rings (SSSR count). The predicted molar refractivity (Wildman–Crippen MR) is 79.8 cm³/mol. The Kier molecular flexibility index (Phi) is 2.67. The molecule has 19 heavy (non-hydrogen) atoms. The van der Waals surface area contributed by atoms with Gasteiger partial charge in [-0.1, -0.05) is 51.1 Å². The third-order valence-electron chi connectivity index (χ3n) is 3.25. The molecule has 0 amide bonds. The molecule has 2 heteroatoms. The van der Waals surface area contributed by atoms with Crippen LogP contribution < -0.4 is 0 Å². The third kappa shape index (κ3) is 2.03. The van der Waals surface area contributed by atoms with Crippen LogP contribution in [0.3, 0.4) is 0 Å². The largest absolute Gasteiger partial charge is 0.296 e. The van der Waals surface area contributed by atoms with E-state index in [1.807, 2.05) is 12.1 Å². The van der Waals surface area contributed by atoms with E-state index in [2.05, 4.69) is 67.8 Å². The maximum atomic E-state index is 4.82. The van der Waals surface area contributed by atoms with Crippen LogP contribution in [0.2, 0.25) is 0 Å². The van der Waals surface area contributed by atoms with Crippen molar-refractivity contribution in [3.63, 3.8) is 0 Å². The van der Waals surface area contributed by atoms with Gasteiger partial charge < -0.3 is 0 Å². The minimum atomic E-state index is 0.00879. The highest BCUT2D eigenvalue weighted by Gasteiger charge is 2.23. The Balaban J connectivity index is 2.38. The average molecular weight is 250 g/mol. The van der Waals surface area contributed by atoms with Crippen LogP contribution in [0.25, 0.3) is 16.7 Å². The van der Waals surface area contributed by atoms with E-state index in [9.17, 15) is 0 Å². The Morgan fingerprint density at radius 1 is 0.842 bits per heavy atom. The molecule has 0 saturated heterocycles. The fourth-order valence-corrected chi connectivity index (χ4v) is 2.37. The standard InChI is InChI=1S/C17H18N2/c1-17(2,3)16-18-14-11-7-8-12-15(14)19(16)13-9-5-4-6-10-13/h4-12H,1-3H3. The van der Waals surface area contributed by atoms with E-state index in [1.54, 1.807) is 0 Å². The predicted octanol–water partition coefficient (Wildman–Crippen LogP) is 4.32. The summed E-state index contributed by atoms with van der Waals surface area (Å²) in [6.07, 6.45) is 0. The zero-order valence-corrected chi connectivity index (χ0v) is 11.6. The Hall–Kier alpha value is -2.09. The highest BCUT2D eigenvalue weighted by Crippen LogP contribution is 2.29. The Morgan fingerprint density at radius 2 is 1.47 bits per heavy atom. The molecule has 0 atom stereocenters. The molecular formula is C17H18N2. The second-order valence-electron chi connectivity index (χ2n) is 5.85. The van der Waals surface area contributed by atoms with Crippen LogP contribution in [0.15, 0.2) is 54.6 Å². The van der Waals surface area contributed by atoms with Gasteiger partial charge in [0.05, 0.1) is 11.0 Å². The van der Waals surface area contributed by atoms with Crippen molar-refractivity contribution in [1.82, 2.24) is 9.55 Å². The van der Waals surface area contributed by atoms with E-state index in [0.29, 0.717) is 0 Å². The maximum absolute atomic E-state index is 4.82. The number of aromatic nitrogens is 2. The smallest absolute Gasteiger partial charge is 0.119 e. The van der Waals surface area contributed by atoms with Gasteiger partial charge in [0, 0.05) is 11.1 Å². The molecule has 0 N–H and O–H groups in total. The monoisotopic (exact) mass is 250 g/mol. The first-order chi connectivity index (χ1) is 9.07. The molecule has 0 spiro atoms. The lowest BCUT2D eigenvalue weighted by molar-refractivity contribution is 0.539. The van der Waals surface area contributed by atoms with Gasteiger partial charge in [0.1, 0.15) is 5.82 Å². The highest BCUT2D eigenvalue weighted by atomic mass is 15.1. The van der Waals surface area contributed by atoms with Gasteiger partial charge in [0.2, 0.25) is 0 Å². The Labute approximate surface area is 113 Å². The molecule has 0 aliphatic carbocycles. The van der Waals surface area contributed by atoms with Gasteiger partial charge in [0.25, 0.3) is 0 Å². The summed E-state index contributed by atoms with van der Waals surface area (Å²) in [5.41, 5.74) is 3.39. The number of fused-ring (bicyclic) bond motifs is 1. The number of para-hydroxylation sites is 3. The van der Waals surface area contributed by atoms with Gasteiger partial charge in [-0.2, -0.15) is 0 Å². The summed E-state index contributed by atoms with van der Waals surface area (Å²) in [5.74, 6) is 1.10. The Morgan fingerprint density at radius 3 is 2.16 bits per heavy atom. The van der Waals surface area contributed by atoms with Gasteiger partial charge in [0.15, 0.2) is 0 Å².